The van der Waals surface area contributed by atoms with E-state index in [1.165, 1.54) is 16.8 Å². The van der Waals surface area contributed by atoms with Crippen LogP contribution in [0.3, 0.4) is 0 Å². The van der Waals surface area contributed by atoms with Gasteiger partial charge in [0.15, 0.2) is 0 Å². The van der Waals surface area contributed by atoms with Gasteiger partial charge in [0.1, 0.15) is 0 Å². The lowest BCUT2D eigenvalue weighted by atomic mass is 10.1. The fourth-order valence-electron chi connectivity index (χ4n) is 3.84. The molecule has 0 spiro atoms. The summed E-state index contributed by atoms with van der Waals surface area (Å²) in [5.41, 5.74) is 3.81. The molecule has 0 N–H and O–H groups in total. The lowest BCUT2D eigenvalue weighted by molar-refractivity contribution is -0.137. The topological polar surface area (TPSA) is 26.8 Å². The van der Waals surface area contributed by atoms with E-state index < -0.39 is 0 Å². The molecule has 1 fully saturated rings. The Morgan fingerprint density at radius 1 is 1.00 bits per heavy atom. The first-order valence-corrected chi connectivity index (χ1v) is 9.97. The molecule has 0 aromatic heterocycles. The zero-order valence-corrected chi connectivity index (χ0v) is 16.8. The molecule has 1 saturated heterocycles. The maximum absolute atomic E-state index is 13.1. The Bertz CT molecular complexity index is 738. The van der Waals surface area contributed by atoms with Crippen molar-refractivity contribution in [2.75, 3.05) is 37.6 Å². The van der Waals surface area contributed by atoms with Crippen molar-refractivity contribution in [3.8, 4) is 0 Å². The molecule has 1 amide bonds. The second-order valence-electron chi connectivity index (χ2n) is 7.32. The number of anilines is 1. The van der Waals surface area contributed by atoms with Crippen LogP contribution in [-0.2, 0) is 11.3 Å². The Balaban J connectivity index is 1.58. The predicted octanol–water partition coefficient (Wildman–Crippen LogP) is 3.55. The van der Waals surface area contributed by atoms with E-state index in [2.05, 4.69) is 67.0 Å². The molecule has 1 heterocycles. The van der Waals surface area contributed by atoms with Gasteiger partial charge in [-0.2, -0.15) is 0 Å². The third-order valence-electron chi connectivity index (χ3n) is 5.59. The summed E-state index contributed by atoms with van der Waals surface area (Å²) in [6, 6.07) is 18.7. The van der Waals surface area contributed by atoms with Crippen molar-refractivity contribution in [1.82, 2.24) is 9.80 Å². The van der Waals surface area contributed by atoms with Crippen LogP contribution in [0.5, 0.6) is 0 Å². The molecule has 2 aromatic carbocycles. The zero-order chi connectivity index (χ0) is 19.2. The summed E-state index contributed by atoms with van der Waals surface area (Å²) in [5, 5.41) is 0. The van der Waals surface area contributed by atoms with Gasteiger partial charge in [-0.25, -0.2) is 0 Å². The van der Waals surface area contributed by atoms with E-state index in [0.717, 1.165) is 32.7 Å². The molecule has 1 atom stereocenters. The Morgan fingerprint density at radius 2 is 1.63 bits per heavy atom. The van der Waals surface area contributed by atoms with Gasteiger partial charge in [0.05, 0.1) is 6.04 Å². The van der Waals surface area contributed by atoms with Crippen LogP contribution in [0.25, 0.3) is 0 Å². The van der Waals surface area contributed by atoms with Gasteiger partial charge in [-0.15, -0.1) is 0 Å². The summed E-state index contributed by atoms with van der Waals surface area (Å²) in [7, 11) is 0. The summed E-state index contributed by atoms with van der Waals surface area (Å²) in [5.74, 6) is 0.227. The monoisotopic (exact) mass is 365 g/mol. The van der Waals surface area contributed by atoms with Crippen molar-refractivity contribution < 1.29 is 4.79 Å². The average molecular weight is 366 g/mol. The van der Waals surface area contributed by atoms with Gasteiger partial charge in [0, 0.05) is 45.0 Å². The van der Waals surface area contributed by atoms with Crippen LogP contribution >= 0.6 is 0 Å². The summed E-state index contributed by atoms with van der Waals surface area (Å²) in [6.45, 7) is 11.5. The molecule has 3 rings (SSSR count). The number of hydrogen-bond acceptors (Lipinski definition) is 3. The van der Waals surface area contributed by atoms with E-state index in [-0.39, 0.29) is 11.9 Å². The first-order chi connectivity index (χ1) is 13.1. The maximum Gasteiger partial charge on any atom is 0.239 e. The van der Waals surface area contributed by atoms with E-state index in [1.807, 2.05) is 23.1 Å². The highest BCUT2D eigenvalue weighted by Crippen LogP contribution is 2.21. The molecule has 4 heteroatoms. The second-order valence-corrected chi connectivity index (χ2v) is 7.32. The molecule has 0 radical (unpaired) electrons. The number of para-hydroxylation sites is 1. The standard InChI is InChI=1S/C23H31N3O/c1-4-24(18-21-11-6-5-7-12-21)23(27)20(3)25-14-16-26(17-15-25)22-13-9-8-10-19(22)2/h5-13,20H,4,14-18H2,1-3H3. The molecule has 0 saturated carbocycles. The highest BCUT2D eigenvalue weighted by Gasteiger charge is 2.28. The van der Waals surface area contributed by atoms with Crippen molar-refractivity contribution in [3.05, 3.63) is 65.7 Å². The van der Waals surface area contributed by atoms with Crippen molar-refractivity contribution in [2.24, 2.45) is 0 Å². The summed E-state index contributed by atoms with van der Waals surface area (Å²) in [4.78, 5) is 19.8. The van der Waals surface area contributed by atoms with Crippen molar-refractivity contribution in [2.45, 2.75) is 33.4 Å². The third kappa shape index (κ3) is 4.69. The van der Waals surface area contributed by atoms with E-state index in [0.29, 0.717) is 6.54 Å². The first kappa shape index (κ1) is 19.4. The van der Waals surface area contributed by atoms with Crippen LogP contribution < -0.4 is 4.90 Å². The number of likely N-dealkylation sites (N-methyl/N-ethyl adjacent to an activating group) is 1. The maximum atomic E-state index is 13.1. The minimum absolute atomic E-state index is 0.0762. The largest absolute Gasteiger partial charge is 0.369 e. The van der Waals surface area contributed by atoms with Gasteiger partial charge in [0.2, 0.25) is 5.91 Å². The van der Waals surface area contributed by atoms with Crippen molar-refractivity contribution >= 4 is 11.6 Å². The average Bonchev–Trinajstić information content (AvgIpc) is 2.72. The number of carbonyl (C=O) groups excluding carboxylic acids is 1. The number of piperazine rings is 1. The zero-order valence-electron chi connectivity index (χ0n) is 16.8. The number of hydrogen-bond donors (Lipinski definition) is 0. The molecular formula is C23H31N3O. The Morgan fingerprint density at radius 3 is 2.26 bits per heavy atom. The van der Waals surface area contributed by atoms with E-state index in [4.69, 9.17) is 0 Å². The Labute approximate surface area is 163 Å². The summed E-state index contributed by atoms with van der Waals surface area (Å²) in [6.07, 6.45) is 0. The summed E-state index contributed by atoms with van der Waals surface area (Å²) < 4.78 is 0. The number of rotatable bonds is 6. The van der Waals surface area contributed by atoms with Crippen LogP contribution in [0.4, 0.5) is 5.69 Å². The number of aryl methyl sites for hydroxylation is 1. The molecule has 0 bridgehead atoms. The lowest BCUT2D eigenvalue weighted by Gasteiger charge is -2.40. The fraction of sp³-hybridized carbons (Fsp3) is 0.435. The molecule has 4 nitrogen and oxygen atoms in total. The molecule has 27 heavy (non-hydrogen) atoms. The van der Waals surface area contributed by atoms with Crippen LogP contribution in [0.1, 0.15) is 25.0 Å². The third-order valence-corrected chi connectivity index (χ3v) is 5.59. The minimum Gasteiger partial charge on any atom is -0.369 e. The van der Waals surface area contributed by atoms with Crippen LogP contribution in [0.15, 0.2) is 54.6 Å². The van der Waals surface area contributed by atoms with Crippen LogP contribution in [0.2, 0.25) is 0 Å². The van der Waals surface area contributed by atoms with Gasteiger partial charge in [-0.05, 0) is 38.0 Å². The highest BCUT2D eigenvalue weighted by atomic mass is 16.2. The Hall–Kier alpha value is -2.33. The van der Waals surface area contributed by atoms with Gasteiger partial charge in [-0.3, -0.25) is 9.69 Å². The number of carbonyl (C=O) groups is 1. The normalized spacial score (nSPS) is 16.2. The van der Waals surface area contributed by atoms with Crippen molar-refractivity contribution in [1.29, 1.82) is 0 Å². The number of amides is 1. The molecule has 1 aliphatic heterocycles. The minimum atomic E-state index is -0.0762. The quantitative estimate of drug-likeness (QED) is 0.783. The summed E-state index contributed by atoms with van der Waals surface area (Å²) >= 11 is 0. The van der Waals surface area contributed by atoms with Crippen LogP contribution in [-0.4, -0.2) is 54.5 Å². The van der Waals surface area contributed by atoms with Gasteiger partial charge < -0.3 is 9.80 Å². The number of benzene rings is 2. The number of nitrogens with zero attached hydrogens (tertiary/aromatic N) is 3. The van der Waals surface area contributed by atoms with Crippen molar-refractivity contribution in [3.63, 3.8) is 0 Å². The highest BCUT2D eigenvalue weighted by molar-refractivity contribution is 5.81. The SMILES string of the molecule is CCN(Cc1ccccc1)C(=O)C(C)N1CCN(c2ccccc2C)CC1. The molecule has 1 unspecified atom stereocenters. The smallest absolute Gasteiger partial charge is 0.239 e. The lowest BCUT2D eigenvalue weighted by Crippen LogP contribution is -2.54. The van der Waals surface area contributed by atoms with Crippen LogP contribution in [0, 0.1) is 6.92 Å². The fourth-order valence-corrected chi connectivity index (χ4v) is 3.84. The van der Waals surface area contributed by atoms with E-state index in [1.54, 1.807) is 0 Å². The second kappa shape index (κ2) is 9.05. The van der Waals surface area contributed by atoms with E-state index >= 15 is 0 Å². The Kier molecular flexibility index (Phi) is 6.51. The molecule has 1 aliphatic rings. The molecule has 2 aromatic rings. The van der Waals surface area contributed by atoms with Gasteiger partial charge in [-0.1, -0.05) is 48.5 Å². The molecule has 144 valence electrons. The molecule has 0 aliphatic carbocycles. The van der Waals surface area contributed by atoms with E-state index in [9.17, 15) is 4.79 Å². The molecular weight excluding hydrogens is 334 g/mol. The predicted molar refractivity (Wildman–Crippen MR) is 112 cm³/mol. The van der Waals surface area contributed by atoms with Gasteiger partial charge in [0.25, 0.3) is 0 Å². The first-order valence-electron chi connectivity index (χ1n) is 9.97. The van der Waals surface area contributed by atoms with Gasteiger partial charge >= 0.3 is 0 Å².